The summed E-state index contributed by atoms with van der Waals surface area (Å²) in [5.41, 5.74) is 5.02. The molecule has 0 atom stereocenters. The largest absolute Gasteiger partial charge is 0.488 e. The quantitative estimate of drug-likeness (QED) is 0.763. The number of fused-ring (bicyclic) bond motifs is 1. The predicted octanol–water partition coefficient (Wildman–Crippen LogP) is 4.74. The molecule has 1 aliphatic heterocycles. The van der Waals surface area contributed by atoms with E-state index in [9.17, 15) is 4.79 Å². The Hall–Kier alpha value is -2.81. The van der Waals surface area contributed by atoms with Gasteiger partial charge < -0.3 is 9.47 Å². The zero-order valence-corrected chi connectivity index (χ0v) is 13.9. The highest BCUT2D eigenvalue weighted by Crippen LogP contribution is 2.29. The van der Waals surface area contributed by atoms with Gasteiger partial charge in [0.1, 0.15) is 12.4 Å². The highest BCUT2D eigenvalue weighted by atomic mass is 16.5. The van der Waals surface area contributed by atoms with Gasteiger partial charge in [0.15, 0.2) is 0 Å². The molecule has 0 unspecified atom stereocenters. The second-order valence-electron chi connectivity index (χ2n) is 5.67. The lowest BCUT2D eigenvalue weighted by atomic mass is 10.00. The average Bonchev–Trinajstić information content (AvgIpc) is 2.62. The molecule has 0 aromatic heterocycles. The molecule has 1 heterocycles. The first-order valence-electron chi connectivity index (χ1n) is 8.05. The van der Waals surface area contributed by atoms with Gasteiger partial charge in [-0.1, -0.05) is 36.4 Å². The Balaban J connectivity index is 1.79. The fraction of sp³-hybridized carbons (Fsp3) is 0.190. The van der Waals surface area contributed by atoms with Crippen LogP contribution in [0.2, 0.25) is 0 Å². The zero-order chi connectivity index (χ0) is 16.9. The number of esters is 1. The fourth-order valence-corrected chi connectivity index (χ4v) is 2.62. The van der Waals surface area contributed by atoms with Crippen LogP contribution >= 0.6 is 0 Å². The summed E-state index contributed by atoms with van der Waals surface area (Å²) in [6, 6.07) is 15.4. The average molecular weight is 320 g/mol. The lowest BCUT2D eigenvalue weighted by molar-refractivity contribution is 0.0526. The van der Waals surface area contributed by atoms with E-state index in [1.54, 1.807) is 19.1 Å². The first kappa shape index (κ1) is 16.1. The standard InChI is InChI=1S/C21H20O3/c1-3-23-21(22)17-10-8-16(9-11-17)12-15(2)19-13-18-6-4-5-7-20(18)24-14-19/h4-13H,3,14H2,1-2H3. The second kappa shape index (κ2) is 7.18. The van der Waals surface area contributed by atoms with E-state index < -0.39 is 0 Å². The summed E-state index contributed by atoms with van der Waals surface area (Å²) in [6.45, 7) is 4.83. The summed E-state index contributed by atoms with van der Waals surface area (Å²) in [5, 5.41) is 0. The number of benzene rings is 2. The van der Waals surface area contributed by atoms with E-state index in [1.807, 2.05) is 30.3 Å². The molecule has 1 aliphatic rings. The molecule has 3 nitrogen and oxygen atoms in total. The molecule has 0 bridgehead atoms. The maximum Gasteiger partial charge on any atom is 0.338 e. The van der Waals surface area contributed by atoms with Crippen molar-refractivity contribution in [3.63, 3.8) is 0 Å². The number of ether oxygens (including phenoxy) is 2. The van der Waals surface area contributed by atoms with Crippen molar-refractivity contribution in [1.29, 1.82) is 0 Å². The van der Waals surface area contributed by atoms with Gasteiger partial charge in [-0.15, -0.1) is 0 Å². The van der Waals surface area contributed by atoms with Crippen LogP contribution in [0.1, 0.15) is 35.3 Å². The van der Waals surface area contributed by atoms with Crippen molar-refractivity contribution in [3.8, 4) is 5.75 Å². The van der Waals surface area contributed by atoms with Crippen LogP contribution < -0.4 is 4.74 Å². The van der Waals surface area contributed by atoms with Crippen molar-refractivity contribution in [2.24, 2.45) is 0 Å². The maximum absolute atomic E-state index is 11.7. The Labute approximate surface area is 142 Å². The molecule has 0 saturated carbocycles. The summed E-state index contributed by atoms with van der Waals surface area (Å²) < 4.78 is 10.8. The lowest BCUT2D eigenvalue weighted by Crippen LogP contribution is -2.08. The highest BCUT2D eigenvalue weighted by Gasteiger charge is 2.12. The van der Waals surface area contributed by atoms with Crippen LogP contribution in [0.25, 0.3) is 12.2 Å². The number of hydrogen-bond donors (Lipinski definition) is 0. The fourth-order valence-electron chi connectivity index (χ4n) is 2.62. The van der Waals surface area contributed by atoms with Gasteiger partial charge in [0, 0.05) is 5.56 Å². The lowest BCUT2D eigenvalue weighted by Gasteiger charge is -2.18. The molecule has 0 radical (unpaired) electrons. The van der Waals surface area contributed by atoms with Crippen molar-refractivity contribution < 1.29 is 14.3 Å². The minimum absolute atomic E-state index is 0.287. The monoisotopic (exact) mass is 320 g/mol. The number of carbonyl (C=O) groups excluding carboxylic acids is 1. The summed E-state index contributed by atoms with van der Waals surface area (Å²) in [7, 11) is 0. The van der Waals surface area contributed by atoms with E-state index in [0.717, 1.165) is 28.0 Å². The number of hydrogen-bond acceptors (Lipinski definition) is 3. The van der Waals surface area contributed by atoms with Gasteiger partial charge in [-0.3, -0.25) is 0 Å². The third-order valence-electron chi connectivity index (χ3n) is 3.94. The van der Waals surface area contributed by atoms with Crippen molar-refractivity contribution in [3.05, 3.63) is 76.4 Å². The van der Waals surface area contributed by atoms with E-state index in [-0.39, 0.29) is 5.97 Å². The van der Waals surface area contributed by atoms with E-state index in [1.165, 1.54) is 0 Å². The Morgan fingerprint density at radius 1 is 1.17 bits per heavy atom. The molecule has 3 rings (SSSR count). The molecule has 0 saturated heterocycles. The van der Waals surface area contributed by atoms with Crippen molar-refractivity contribution >= 4 is 18.1 Å². The topological polar surface area (TPSA) is 35.5 Å². The Kier molecular flexibility index (Phi) is 4.80. The normalized spacial score (nSPS) is 13.6. The molecule has 3 heteroatoms. The Bertz CT molecular complexity index is 798. The summed E-state index contributed by atoms with van der Waals surface area (Å²) in [4.78, 5) is 11.7. The van der Waals surface area contributed by atoms with Gasteiger partial charge in [0.2, 0.25) is 0 Å². The van der Waals surface area contributed by atoms with Crippen LogP contribution in [-0.2, 0) is 4.74 Å². The van der Waals surface area contributed by atoms with Gasteiger partial charge in [-0.25, -0.2) is 4.79 Å². The third kappa shape index (κ3) is 3.57. The highest BCUT2D eigenvalue weighted by molar-refractivity contribution is 5.89. The van der Waals surface area contributed by atoms with Gasteiger partial charge in [-0.2, -0.15) is 0 Å². The SMILES string of the molecule is CCOC(=O)c1ccc(C=C(C)C2=Cc3ccccc3OC2)cc1. The number of carbonyl (C=O) groups is 1. The van der Waals surface area contributed by atoms with E-state index >= 15 is 0 Å². The molecule has 0 amide bonds. The van der Waals surface area contributed by atoms with Gasteiger partial charge in [0.05, 0.1) is 12.2 Å². The Morgan fingerprint density at radius 3 is 2.67 bits per heavy atom. The molecular weight excluding hydrogens is 300 g/mol. The summed E-state index contributed by atoms with van der Waals surface area (Å²) in [5.74, 6) is 0.637. The Morgan fingerprint density at radius 2 is 1.92 bits per heavy atom. The van der Waals surface area contributed by atoms with E-state index in [0.29, 0.717) is 18.8 Å². The van der Waals surface area contributed by atoms with Crippen LogP contribution in [0.3, 0.4) is 0 Å². The van der Waals surface area contributed by atoms with Crippen LogP contribution in [-0.4, -0.2) is 19.2 Å². The minimum atomic E-state index is -0.287. The van der Waals surface area contributed by atoms with Crippen molar-refractivity contribution in [2.45, 2.75) is 13.8 Å². The zero-order valence-electron chi connectivity index (χ0n) is 13.9. The summed E-state index contributed by atoms with van der Waals surface area (Å²) >= 11 is 0. The first-order valence-corrected chi connectivity index (χ1v) is 8.05. The molecule has 0 spiro atoms. The molecule has 0 N–H and O–H groups in total. The number of para-hydroxylation sites is 1. The number of rotatable bonds is 4. The first-order chi connectivity index (χ1) is 11.7. The van der Waals surface area contributed by atoms with E-state index in [2.05, 4.69) is 25.1 Å². The molecular formula is C21H20O3. The van der Waals surface area contributed by atoms with E-state index in [4.69, 9.17) is 9.47 Å². The summed E-state index contributed by atoms with van der Waals surface area (Å²) in [6.07, 6.45) is 4.26. The van der Waals surface area contributed by atoms with Gasteiger partial charge in [0.25, 0.3) is 0 Å². The third-order valence-corrected chi connectivity index (χ3v) is 3.94. The minimum Gasteiger partial charge on any atom is -0.488 e. The van der Waals surface area contributed by atoms with Crippen LogP contribution in [0, 0.1) is 0 Å². The van der Waals surface area contributed by atoms with Crippen LogP contribution in [0.4, 0.5) is 0 Å². The second-order valence-corrected chi connectivity index (χ2v) is 5.67. The molecule has 122 valence electrons. The predicted molar refractivity (Wildman–Crippen MR) is 96.0 cm³/mol. The smallest absolute Gasteiger partial charge is 0.338 e. The maximum atomic E-state index is 11.7. The molecule has 2 aromatic carbocycles. The van der Waals surface area contributed by atoms with Crippen molar-refractivity contribution in [2.75, 3.05) is 13.2 Å². The molecule has 0 aliphatic carbocycles. The van der Waals surface area contributed by atoms with Gasteiger partial charge >= 0.3 is 5.97 Å². The van der Waals surface area contributed by atoms with Crippen molar-refractivity contribution in [1.82, 2.24) is 0 Å². The molecule has 0 fully saturated rings. The molecule has 24 heavy (non-hydrogen) atoms. The molecule has 2 aromatic rings. The van der Waals surface area contributed by atoms with Crippen LogP contribution in [0.5, 0.6) is 5.75 Å². The van der Waals surface area contributed by atoms with Gasteiger partial charge in [-0.05, 0) is 54.8 Å². The van der Waals surface area contributed by atoms with Crippen LogP contribution in [0.15, 0.2) is 59.7 Å².